The molecular formula is C13H24N4S. The lowest BCUT2D eigenvalue weighted by atomic mass is 10.0. The zero-order valence-corrected chi connectivity index (χ0v) is 12.0. The topological polar surface area (TPSA) is 55.9 Å². The lowest BCUT2D eigenvalue weighted by molar-refractivity contribution is 0.512. The van der Waals surface area contributed by atoms with Gasteiger partial charge < -0.3 is 0 Å². The van der Waals surface area contributed by atoms with Gasteiger partial charge in [-0.1, -0.05) is 19.3 Å². The van der Waals surface area contributed by atoms with Gasteiger partial charge in [0.15, 0.2) is 0 Å². The molecule has 1 fully saturated rings. The number of rotatable bonds is 6. The van der Waals surface area contributed by atoms with Crippen LogP contribution in [0.3, 0.4) is 0 Å². The molecule has 3 N–H and O–H groups in total. The van der Waals surface area contributed by atoms with Crippen LogP contribution >= 0.6 is 11.8 Å². The highest BCUT2D eigenvalue weighted by molar-refractivity contribution is 7.99. The molecule has 102 valence electrons. The molecule has 1 saturated carbocycles. The van der Waals surface area contributed by atoms with Crippen molar-refractivity contribution in [1.29, 1.82) is 0 Å². The number of hydrogen-bond acceptors (Lipinski definition) is 4. The first kappa shape index (κ1) is 13.9. The fourth-order valence-electron chi connectivity index (χ4n) is 2.47. The molecule has 18 heavy (non-hydrogen) atoms. The smallest absolute Gasteiger partial charge is 0.0640 e. The summed E-state index contributed by atoms with van der Waals surface area (Å²) in [6, 6.07) is 2.39. The second-order valence-electron chi connectivity index (χ2n) is 5.14. The minimum Gasteiger partial charge on any atom is -0.276 e. The van der Waals surface area contributed by atoms with Crippen molar-refractivity contribution >= 4 is 11.8 Å². The highest BCUT2D eigenvalue weighted by Gasteiger charge is 2.17. The van der Waals surface area contributed by atoms with Gasteiger partial charge in [0.25, 0.3) is 0 Å². The number of nitrogens with zero attached hydrogens (tertiary/aromatic N) is 2. The van der Waals surface area contributed by atoms with Gasteiger partial charge in [0, 0.05) is 36.7 Å². The van der Waals surface area contributed by atoms with E-state index in [9.17, 15) is 0 Å². The molecule has 0 spiro atoms. The van der Waals surface area contributed by atoms with Crippen molar-refractivity contribution < 1.29 is 0 Å². The number of hydrazine groups is 1. The van der Waals surface area contributed by atoms with Crippen LogP contribution < -0.4 is 11.3 Å². The molecular weight excluding hydrogens is 244 g/mol. The summed E-state index contributed by atoms with van der Waals surface area (Å²) in [6.45, 7) is 0. The molecule has 1 atom stereocenters. The summed E-state index contributed by atoms with van der Waals surface area (Å²) in [5.74, 6) is 6.73. The van der Waals surface area contributed by atoms with Crippen molar-refractivity contribution in [3.63, 3.8) is 0 Å². The summed E-state index contributed by atoms with van der Waals surface area (Å²) >= 11 is 2.08. The highest BCUT2D eigenvalue weighted by atomic mass is 32.2. The molecule has 0 amide bonds. The van der Waals surface area contributed by atoms with E-state index in [2.05, 4.69) is 28.4 Å². The van der Waals surface area contributed by atoms with E-state index in [-0.39, 0.29) is 0 Å². The molecule has 2 rings (SSSR count). The number of nitrogens with one attached hydrogen (secondary N) is 1. The number of hydrogen-bond donors (Lipinski definition) is 2. The van der Waals surface area contributed by atoms with E-state index in [0.717, 1.165) is 23.1 Å². The quantitative estimate of drug-likeness (QED) is 0.611. The third-order valence-corrected chi connectivity index (χ3v) is 5.08. The Bertz CT molecular complexity index is 347. The van der Waals surface area contributed by atoms with Gasteiger partial charge in [-0.3, -0.25) is 16.0 Å². The average molecular weight is 268 g/mol. The summed E-state index contributed by atoms with van der Waals surface area (Å²) in [7, 11) is 1.95. The van der Waals surface area contributed by atoms with Crippen molar-refractivity contribution in [1.82, 2.24) is 15.2 Å². The monoisotopic (exact) mass is 268 g/mol. The fraction of sp³-hybridized carbons (Fsp3) is 0.769. The number of nitrogens with two attached hydrogens (primary N) is 1. The van der Waals surface area contributed by atoms with Crippen molar-refractivity contribution in [2.75, 3.05) is 5.75 Å². The SMILES string of the molecule is Cn1ccc(CC(CSC2CCCCC2)NN)n1. The van der Waals surface area contributed by atoms with Crippen LogP contribution in [-0.4, -0.2) is 26.8 Å². The van der Waals surface area contributed by atoms with Crippen LogP contribution in [-0.2, 0) is 13.5 Å². The Kier molecular flexibility index (Phi) is 5.53. The maximum absolute atomic E-state index is 5.65. The molecule has 0 bridgehead atoms. The largest absolute Gasteiger partial charge is 0.276 e. The van der Waals surface area contributed by atoms with Crippen LogP contribution in [0.4, 0.5) is 0 Å². The predicted molar refractivity (Wildman–Crippen MR) is 77.4 cm³/mol. The average Bonchev–Trinajstić information content (AvgIpc) is 2.81. The Balaban J connectivity index is 1.74. The molecule has 0 saturated heterocycles. The van der Waals surface area contributed by atoms with Crippen molar-refractivity contribution in [2.45, 2.75) is 49.8 Å². The Labute approximate surface area is 114 Å². The normalized spacial score (nSPS) is 19.0. The second kappa shape index (κ2) is 7.16. The van der Waals surface area contributed by atoms with E-state index in [0.29, 0.717) is 6.04 Å². The predicted octanol–water partition coefficient (Wildman–Crippen LogP) is 1.86. The van der Waals surface area contributed by atoms with Crippen LogP contribution in [0.15, 0.2) is 12.3 Å². The van der Waals surface area contributed by atoms with Gasteiger partial charge in [0.05, 0.1) is 5.69 Å². The van der Waals surface area contributed by atoms with E-state index in [1.165, 1.54) is 32.1 Å². The molecule has 0 radical (unpaired) electrons. The third kappa shape index (κ3) is 4.30. The van der Waals surface area contributed by atoms with Gasteiger partial charge in [-0.15, -0.1) is 0 Å². The van der Waals surface area contributed by atoms with E-state index in [1.54, 1.807) is 0 Å². The Morgan fingerprint density at radius 1 is 1.50 bits per heavy atom. The highest BCUT2D eigenvalue weighted by Crippen LogP contribution is 2.28. The zero-order valence-electron chi connectivity index (χ0n) is 11.1. The van der Waals surface area contributed by atoms with Gasteiger partial charge in [0.2, 0.25) is 0 Å². The van der Waals surface area contributed by atoms with E-state index in [4.69, 9.17) is 5.84 Å². The van der Waals surface area contributed by atoms with Gasteiger partial charge in [-0.2, -0.15) is 16.9 Å². The van der Waals surface area contributed by atoms with Crippen molar-refractivity contribution in [3.05, 3.63) is 18.0 Å². The first-order valence-electron chi connectivity index (χ1n) is 6.84. The number of thioether (sulfide) groups is 1. The third-order valence-electron chi connectivity index (χ3n) is 3.55. The number of aromatic nitrogens is 2. The summed E-state index contributed by atoms with van der Waals surface area (Å²) in [5, 5.41) is 5.25. The second-order valence-corrected chi connectivity index (χ2v) is 6.48. The molecule has 4 nitrogen and oxygen atoms in total. The van der Waals surface area contributed by atoms with Crippen LogP contribution in [0, 0.1) is 0 Å². The summed E-state index contributed by atoms with van der Waals surface area (Å²) in [4.78, 5) is 0. The lowest BCUT2D eigenvalue weighted by Crippen LogP contribution is -2.39. The molecule has 1 aliphatic rings. The van der Waals surface area contributed by atoms with Crippen LogP contribution in [0.25, 0.3) is 0 Å². The van der Waals surface area contributed by atoms with Crippen LogP contribution in [0.5, 0.6) is 0 Å². The fourth-order valence-corrected chi connectivity index (χ4v) is 3.86. The summed E-state index contributed by atoms with van der Waals surface area (Å²) in [5.41, 5.74) is 4.04. The first-order valence-corrected chi connectivity index (χ1v) is 7.89. The van der Waals surface area contributed by atoms with E-state index in [1.807, 2.05) is 17.9 Å². The van der Waals surface area contributed by atoms with Crippen LogP contribution in [0.2, 0.25) is 0 Å². The van der Waals surface area contributed by atoms with Crippen LogP contribution in [0.1, 0.15) is 37.8 Å². The molecule has 0 aliphatic heterocycles. The maximum atomic E-state index is 5.65. The summed E-state index contributed by atoms with van der Waals surface area (Å²) < 4.78 is 1.84. The first-order chi connectivity index (χ1) is 8.78. The zero-order chi connectivity index (χ0) is 12.8. The minimum absolute atomic E-state index is 0.326. The molecule has 1 aliphatic carbocycles. The molecule has 1 unspecified atom stereocenters. The molecule has 0 aromatic carbocycles. The van der Waals surface area contributed by atoms with Gasteiger partial charge in [-0.05, 0) is 18.9 Å². The van der Waals surface area contributed by atoms with Crippen molar-refractivity contribution in [2.24, 2.45) is 12.9 Å². The van der Waals surface area contributed by atoms with E-state index < -0.39 is 0 Å². The molecule has 5 heteroatoms. The Morgan fingerprint density at radius 3 is 2.89 bits per heavy atom. The minimum atomic E-state index is 0.326. The van der Waals surface area contributed by atoms with Gasteiger partial charge in [-0.25, -0.2) is 0 Å². The Morgan fingerprint density at radius 2 is 2.28 bits per heavy atom. The van der Waals surface area contributed by atoms with Gasteiger partial charge >= 0.3 is 0 Å². The Hall–Kier alpha value is -0.520. The molecule has 1 aromatic heterocycles. The molecule has 1 heterocycles. The summed E-state index contributed by atoms with van der Waals surface area (Å²) in [6.07, 6.45) is 9.88. The molecule has 1 aromatic rings. The maximum Gasteiger partial charge on any atom is 0.0640 e. The van der Waals surface area contributed by atoms with Crippen molar-refractivity contribution in [3.8, 4) is 0 Å². The lowest BCUT2D eigenvalue weighted by Gasteiger charge is -2.23. The van der Waals surface area contributed by atoms with Gasteiger partial charge in [0.1, 0.15) is 0 Å². The van der Waals surface area contributed by atoms with E-state index >= 15 is 0 Å². The standard InChI is InChI=1S/C13H24N4S/c1-17-8-7-11(16-17)9-12(15-14)10-18-13-5-3-2-4-6-13/h7-8,12-13,15H,2-6,9-10,14H2,1H3. The number of aryl methyl sites for hydroxylation is 1.